The largest absolute Gasteiger partial charge is 0.463 e. The third-order valence-corrected chi connectivity index (χ3v) is 2.66. The molecule has 2 aromatic rings. The molecule has 0 atom stereocenters. The predicted molar refractivity (Wildman–Crippen MR) is 70.5 cm³/mol. The van der Waals surface area contributed by atoms with Crippen LogP contribution in [0.1, 0.15) is 16.1 Å². The average molecular weight is 276 g/mol. The van der Waals surface area contributed by atoms with E-state index in [1.807, 2.05) is 0 Å². The van der Waals surface area contributed by atoms with Gasteiger partial charge in [-0.05, 0) is 12.1 Å². The smallest absolute Gasteiger partial charge is 0.374 e. The minimum atomic E-state index is -0.564. The fourth-order valence-corrected chi connectivity index (χ4v) is 1.67. The third kappa shape index (κ3) is 2.94. The van der Waals surface area contributed by atoms with E-state index in [9.17, 15) is 14.9 Å². The standard InChI is InChI=1S/C13H12N2O5/c1-19-13(16)12-9(5-6-20-12)8-14-10-3-2-4-11(7-10)15(17)18/h2-7,14H,8H2,1H3. The van der Waals surface area contributed by atoms with Crippen LogP contribution < -0.4 is 5.32 Å². The van der Waals surface area contributed by atoms with Crippen molar-refractivity contribution in [2.45, 2.75) is 6.54 Å². The highest BCUT2D eigenvalue weighted by Gasteiger charge is 2.15. The maximum atomic E-state index is 11.4. The lowest BCUT2D eigenvalue weighted by Gasteiger charge is -2.05. The number of hydrogen-bond donors (Lipinski definition) is 1. The lowest BCUT2D eigenvalue weighted by Crippen LogP contribution is -2.06. The first-order chi connectivity index (χ1) is 9.61. The summed E-state index contributed by atoms with van der Waals surface area (Å²) in [6.07, 6.45) is 1.39. The van der Waals surface area contributed by atoms with Crippen molar-refractivity contribution in [1.29, 1.82) is 0 Å². The minimum absolute atomic E-state index is 0.00427. The molecular weight excluding hydrogens is 264 g/mol. The van der Waals surface area contributed by atoms with Crippen LogP contribution in [0.25, 0.3) is 0 Å². The molecule has 0 saturated heterocycles. The van der Waals surface area contributed by atoms with E-state index in [4.69, 9.17) is 4.42 Å². The number of furan rings is 1. The predicted octanol–water partition coefficient (Wildman–Crippen LogP) is 2.59. The summed E-state index contributed by atoms with van der Waals surface area (Å²) in [5.74, 6) is -0.448. The van der Waals surface area contributed by atoms with Crippen LogP contribution in [0.15, 0.2) is 41.0 Å². The van der Waals surface area contributed by atoms with Crippen LogP contribution in [0.3, 0.4) is 0 Å². The molecule has 1 N–H and O–H groups in total. The number of carbonyl (C=O) groups is 1. The lowest BCUT2D eigenvalue weighted by atomic mass is 10.2. The van der Waals surface area contributed by atoms with Gasteiger partial charge in [-0.1, -0.05) is 6.07 Å². The average Bonchev–Trinajstić information content (AvgIpc) is 2.93. The summed E-state index contributed by atoms with van der Waals surface area (Å²) in [5, 5.41) is 13.7. The van der Waals surface area contributed by atoms with E-state index in [1.165, 1.54) is 25.5 Å². The van der Waals surface area contributed by atoms with Gasteiger partial charge in [-0.3, -0.25) is 10.1 Å². The fraction of sp³-hybridized carbons (Fsp3) is 0.154. The second-order valence-electron chi connectivity index (χ2n) is 3.93. The monoisotopic (exact) mass is 276 g/mol. The van der Waals surface area contributed by atoms with E-state index >= 15 is 0 Å². The molecule has 0 saturated carbocycles. The second-order valence-corrected chi connectivity index (χ2v) is 3.93. The van der Waals surface area contributed by atoms with Crippen molar-refractivity contribution in [3.63, 3.8) is 0 Å². The molecule has 0 radical (unpaired) electrons. The molecule has 0 fully saturated rings. The number of nitro groups is 1. The summed E-state index contributed by atoms with van der Waals surface area (Å²) >= 11 is 0. The summed E-state index contributed by atoms with van der Waals surface area (Å²) < 4.78 is 9.63. The molecule has 1 aromatic carbocycles. The Morgan fingerprint density at radius 3 is 2.95 bits per heavy atom. The van der Waals surface area contributed by atoms with Crippen molar-refractivity contribution in [3.8, 4) is 0 Å². The normalized spacial score (nSPS) is 10.1. The number of non-ortho nitro benzene ring substituents is 1. The molecule has 20 heavy (non-hydrogen) atoms. The molecule has 1 aromatic heterocycles. The van der Waals surface area contributed by atoms with Crippen molar-refractivity contribution < 1.29 is 18.9 Å². The molecular formula is C13H12N2O5. The minimum Gasteiger partial charge on any atom is -0.463 e. The molecule has 104 valence electrons. The maximum Gasteiger partial charge on any atom is 0.374 e. The summed E-state index contributed by atoms with van der Waals surface area (Å²) in [6.45, 7) is 0.294. The van der Waals surface area contributed by atoms with E-state index in [0.717, 1.165) is 0 Å². The van der Waals surface area contributed by atoms with Crippen molar-refractivity contribution in [2.24, 2.45) is 0 Å². The van der Waals surface area contributed by atoms with Crippen LogP contribution >= 0.6 is 0 Å². The zero-order chi connectivity index (χ0) is 14.5. The quantitative estimate of drug-likeness (QED) is 0.512. The SMILES string of the molecule is COC(=O)c1occc1CNc1cccc([N+](=O)[O-])c1. The summed E-state index contributed by atoms with van der Waals surface area (Å²) in [4.78, 5) is 21.6. The first-order valence-corrected chi connectivity index (χ1v) is 5.75. The number of nitrogens with one attached hydrogen (secondary N) is 1. The Bertz CT molecular complexity index is 635. The van der Waals surface area contributed by atoms with Crippen molar-refractivity contribution in [3.05, 3.63) is 58.0 Å². The highest BCUT2D eigenvalue weighted by Crippen LogP contribution is 2.19. The highest BCUT2D eigenvalue weighted by atomic mass is 16.6. The molecule has 0 bridgehead atoms. The first-order valence-electron chi connectivity index (χ1n) is 5.75. The van der Waals surface area contributed by atoms with E-state index in [-0.39, 0.29) is 11.4 Å². The van der Waals surface area contributed by atoms with Gasteiger partial charge < -0.3 is 14.5 Å². The molecule has 2 rings (SSSR count). The van der Waals surface area contributed by atoms with Gasteiger partial charge in [-0.15, -0.1) is 0 Å². The van der Waals surface area contributed by atoms with Gasteiger partial charge >= 0.3 is 5.97 Å². The Labute approximate surface area is 114 Å². The number of methoxy groups -OCH3 is 1. The Hall–Kier alpha value is -2.83. The number of anilines is 1. The van der Waals surface area contributed by atoms with Crippen LogP contribution in [0.5, 0.6) is 0 Å². The van der Waals surface area contributed by atoms with Gasteiger partial charge in [0.05, 0.1) is 18.3 Å². The number of rotatable bonds is 5. The van der Waals surface area contributed by atoms with E-state index < -0.39 is 10.9 Å². The van der Waals surface area contributed by atoms with E-state index in [1.54, 1.807) is 18.2 Å². The lowest BCUT2D eigenvalue weighted by molar-refractivity contribution is -0.384. The number of hydrogen-bond acceptors (Lipinski definition) is 6. The van der Waals surface area contributed by atoms with Gasteiger partial charge in [-0.25, -0.2) is 4.79 Å². The van der Waals surface area contributed by atoms with Crippen LogP contribution in [0, 0.1) is 10.1 Å². The summed E-state index contributed by atoms with van der Waals surface area (Å²) in [5.41, 5.74) is 1.19. The molecule has 0 unspecified atom stereocenters. The second kappa shape index (κ2) is 5.87. The van der Waals surface area contributed by atoms with Gasteiger partial charge in [0.1, 0.15) is 0 Å². The summed E-state index contributed by atoms with van der Waals surface area (Å²) in [7, 11) is 1.27. The van der Waals surface area contributed by atoms with Crippen LogP contribution in [-0.4, -0.2) is 18.0 Å². The number of ether oxygens (including phenoxy) is 1. The van der Waals surface area contributed by atoms with Gasteiger partial charge in [0.2, 0.25) is 5.76 Å². The van der Waals surface area contributed by atoms with Crippen molar-refractivity contribution in [2.75, 3.05) is 12.4 Å². The molecule has 0 aliphatic carbocycles. The molecule has 0 spiro atoms. The first kappa shape index (κ1) is 13.6. The van der Waals surface area contributed by atoms with Crippen LogP contribution in [0.2, 0.25) is 0 Å². The van der Waals surface area contributed by atoms with Crippen molar-refractivity contribution >= 4 is 17.3 Å². The zero-order valence-electron chi connectivity index (χ0n) is 10.7. The highest BCUT2D eigenvalue weighted by molar-refractivity contribution is 5.87. The Balaban J connectivity index is 2.09. The number of carbonyl (C=O) groups excluding carboxylic acids is 1. The number of esters is 1. The third-order valence-electron chi connectivity index (χ3n) is 2.66. The van der Waals surface area contributed by atoms with Gasteiger partial charge in [0, 0.05) is 29.9 Å². The van der Waals surface area contributed by atoms with E-state index in [0.29, 0.717) is 17.8 Å². The topological polar surface area (TPSA) is 94.6 Å². The number of benzene rings is 1. The molecule has 0 aliphatic rings. The van der Waals surface area contributed by atoms with Crippen LogP contribution in [0.4, 0.5) is 11.4 Å². The molecule has 7 heteroatoms. The molecule has 0 amide bonds. The Morgan fingerprint density at radius 1 is 1.45 bits per heavy atom. The number of nitrogens with zero attached hydrogens (tertiary/aromatic N) is 1. The van der Waals surface area contributed by atoms with Gasteiger partial charge in [0.25, 0.3) is 5.69 Å². The zero-order valence-corrected chi connectivity index (χ0v) is 10.7. The Kier molecular flexibility index (Phi) is 3.99. The van der Waals surface area contributed by atoms with Gasteiger partial charge in [-0.2, -0.15) is 0 Å². The molecule has 7 nitrogen and oxygen atoms in total. The van der Waals surface area contributed by atoms with Gasteiger partial charge in [0.15, 0.2) is 0 Å². The van der Waals surface area contributed by atoms with E-state index in [2.05, 4.69) is 10.1 Å². The maximum absolute atomic E-state index is 11.4. The Morgan fingerprint density at radius 2 is 2.25 bits per heavy atom. The number of nitro benzene ring substituents is 1. The summed E-state index contributed by atoms with van der Waals surface area (Å²) in [6, 6.07) is 7.74. The van der Waals surface area contributed by atoms with Crippen LogP contribution in [-0.2, 0) is 11.3 Å². The molecule has 1 heterocycles. The van der Waals surface area contributed by atoms with Crippen molar-refractivity contribution in [1.82, 2.24) is 0 Å². The fourth-order valence-electron chi connectivity index (χ4n) is 1.67. The molecule has 0 aliphatic heterocycles.